The van der Waals surface area contributed by atoms with Gasteiger partial charge in [0.05, 0.1) is 18.6 Å². The molecule has 130 valence electrons. The molecule has 0 atom stereocenters. The summed E-state index contributed by atoms with van der Waals surface area (Å²) in [6.45, 7) is 2.06. The first-order valence-electron chi connectivity index (χ1n) is 8.16. The lowest BCUT2D eigenvalue weighted by molar-refractivity contribution is 0.0970. The van der Waals surface area contributed by atoms with Gasteiger partial charge in [-0.25, -0.2) is 4.98 Å². The van der Waals surface area contributed by atoms with Gasteiger partial charge in [0.25, 0.3) is 5.56 Å². The number of carbonyl (C=O) groups excluding carboxylic acids is 1. The van der Waals surface area contributed by atoms with Crippen molar-refractivity contribution in [2.45, 2.75) is 13.5 Å². The van der Waals surface area contributed by atoms with Crippen molar-refractivity contribution in [3.8, 4) is 22.8 Å². The van der Waals surface area contributed by atoms with Crippen molar-refractivity contribution in [3.63, 3.8) is 0 Å². The zero-order valence-electron chi connectivity index (χ0n) is 14.1. The molecule has 0 saturated heterocycles. The molecule has 1 aliphatic heterocycles. The lowest BCUT2D eigenvalue weighted by Gasteiger charge is -2.07. The van der Waals surface area contributed by atoms with Gasteiger partial charge in [-0.05, 0) is 25.1 Å². The minimum absolute atomic E-state index is 0.0837. The number of aromatic nitrogens is 2. The van der Waals surface area contributed by atoms with E-state index in [9.17, 15) is 9.59 Å². The fourth-order valence-corrected chi connectivity index (χ4v) is 2.74. The van der Waals surface area contributed by atoms with Crippen LogP contribution in [0.25, 0.3) is 11.3 Å². The zero-order valence-corrected chi connectivity index (χ0v) is 14.1. The molecule has 0 unspecified atom stereocenters. The molecule has 26 heavy (non-hydrogen) atoms. The number of hydrogen-bond acceptors (Lipinski definition) is 5. The van der Waals surface area contributed by atoms with Crippen molar-refractivity contribution >= 4 is 5.78 Å². The maximum atomic E-state index is 12.5. The minimum Gasteiger partial charge on any atom is -0.454 e. The van der Waals surface area contributed by atoms with Crippen LogP contribution in [-0.2, 0) is 6.54 Å². The molecule has 2 heterocycles. The van der Waals surface area contributed by atoms with Crippen LogP contribution in [0, 0.1) is 6.92 Å². The first-order chi connectivity index (χ1) is 12.6. The van der Waals surface area contributed by atoms with Gasteiger partial charge in [0.1, 0.15) is 0 Å². The summed E-state index contributed by atoms with van der Waals surface area (Å²) < 4.78 is 11.8. The number of ketones is 1. The molecule has 0 fully saturated rings. The molecule has 3 aromatic rings. The summed E-state index contributed by atoms with van der Waals surface area (Å²) in [4.78, 5) is 29.1. The SMILES string of the molecule is Cc1ccc(-c2cc(=O)n(CC(=O)c3ccc4c(c3)OCO4)cn2)cc1. The lowest BCUT2D eigenvalue weighted by Crippen LogP contribution is -2.24. The first kappa shape index (κ1) is 16.1. The van der Waals surface area contributed by atoms with Crippen LogP contribution in [0.1, 0.15) is 15.9 Å². The van der Waals surface area contributed by atoms with Gasteiger partial charge in [-0.1, -0.05) is 29.8 Å². The van der Waals surface area contributed by atoms with Gasteiger partial charge < -0.3 is 9.47 Å². The quantitative estimate of drug-likeness (QED) is 0.678. The summed E-state index contributed by atoms with van der Waals surface area (Å²) in [5.41, 5.74) is 2.77. The fourth-order valence-electron chi connectivity index (χ4n) is 2.74. The van der Waals surface area contributed by atoms with E-state index in [2.05, 4.69) is 4.98 Å². The third kappa shape index (κ3) is 3.09. The van der Waals surface area contributed by atoms with Crippen LogP contribution < -0.4 is 15.0 Å². The van der Waals surface area contributed by atoms with Gasteiger partial charge in [-0.15, -0.1) is 0 Å². The van der Waals surface area contributed by atoms with Crippen molar-refractivity contribution < 1.29 is 14.3 Å². The molecule has 0 aliphatic carbocycles. The van der Waals surface area contributed by atoms with Crippen molar-refractivity contribution in [3.05, 3.63) is 76.3 Å². The molecule has 4 rings (SSSR count). The van der Waals surface area contributed by atoms with Crippen LogP contribution in [0.3, 0.4) is 0 Å². The second kappa shape index (κ2) is 6.48. The van der Waals surface area contributed by atoms with Gasteiger partial charge in [0.15, 0.2) is 17.3 Å². The van der Waals surface area contributed by atoms with E-state index in [1.807, 2.05) is 31.2 Å². The van der Waals surface area contributed by atoms with Gasteiger partial charge in [0, 0.05) is 17.2 Å². The second-order valence-electron chi connectivity index (χ2n) is 6.10. The molecule has 0 radical (unpaired) electrons. The molecule has 0 spiro atoms. The van der Waals surface area contributed by atoms with Crippen LogP contribution in [0.2, 0.25) is 0 Å². The standard InChI is InChI=1S/C20H16N2O4/c1-13-2-4-14(5-3-13)16-9-20(24)22(11-21-16)10-17(23)15-6-7-18-19(8-15)26-12-25-18/h2-9,11H,10,12H2,1H3. The molecule has 0 saturated carbocycles. The minimum atomic E-state index is -0.273. The smallest absolute Gasteiger partial charge is 0.254 e. The molecule has 6 heteroatoms. The van der Waals surface area contributed by atoms with Crippen LogP contribution in [0.15, 0.2) is 59.7 Å². The maximum Gasteiger partial charge on any atom is 0.254 e. The Labute approximate surface area is 149 Å². The van der Waals surface area contributed by atoms with Gasteiger partial charge in [0.2, 0.25) is 6.79 Å². The number of ether oxygens (including phenoxy) is 2. The molecule has 0 N–H and O–H groups in total. The van der Waals surface area contributed by atoms with Gasteiger partial charge in [-0.3, -0.25) is 14.2 Å². The lowest BCUT2D eigenvalue weighted by atomic mass is 10.1. The highest BCUT2D eigenvalue weighted by atomic mass is 16.7. The Kier molecular flexibility index (Phi) is 4.01. The third-order valence-electron chi connectivity index (χ3n) is 4.24. The Morgan fingerprint density at radius 2 is 1.85 bits per heavy atom. The molecule has 1 aromatic heterocycles. The fraction of sp³-hybridized carbons (Fsp3) is 0.150. The van der Waals surface area contributed by atoms with Crippen molar-refractivity contribution in [1.29, 1.82) is 0 Å². The summed E-state index contributed by atoms with van der Waals surface area (Å²) in [5, 5.41) is 0. The predicted molar refractivity (Wildman–Crippen MR) is 95.6 cm³/mol. The number of Topliss-reactive ketones (excluding diaryl/α,β-unsaturated/α-hetero) is 1. The van der Waals surface area contributed by atoms with E-state index in [-0.39, 0.29) is 24.7 Å². The summed E-state index contributed by atoms with van der Waals surface area (Å²) in [6.07, 6.45) is 1.41. The zero-order chi connectivity index (χ0) is 18.1. The molecular formula is C20H16N2O4. The van der Waals surface area contributed by atoms with Crippen molar-refractivity contribution in [2.75, 3.05) is 6.79 Å². The average Bonchev–Trinajstić information content (AvgIpc) is 3.11. The number of aryl methyl sites for hydroxylation is 1. The average molecular weight is 348 g/mol. The number of fused-ring (bicyclic) bond motifs is 1. The Morgan fingerprint density at radius 1 is 1.08 bits per heavy atom. The number of hydrogen-bond donors (Lipinski definition) is 0. The number of carbonyl (C=O) groups is 1. The van der Waals surface area contributed by atoms with Gasteiger partial charge in [-0.2, -0.15) is 0 Å². The van der Waals surface area contributed by atoms with Crippen LogP contribution in [-0.4, -0.2) is 22.1 Å². The Morgan fingerprint density at radius 3 is 2.62 bits per heavy atom. The van der Waals surface area contributed by atoms with E-state index in [0.717, 1.165) is 11.1 Å². The van der Waals surface area contributed by atoms with Crippen molar-refractivity contribution in [1.82, 2.24) is 9.55 Å². The van der Waals surface area contributed by atoms with E-state index in [4.69, 9.17) is 9.47 Å². The molecule has 2 aromatic carbocycles. The number of nitrogens with zero attached hydrogens (tertiary/aromatic N) is 2. The molecule has 0 amide bonds. The largest absolute Gasteiger partial charge is 0.454 e. The third-order valence-corrected chi connectivity index (χ3v) is 4.24. The Balaban J connectivity index is 1.56. The van der Waals surface area contributed by atoms with Crippen LogP contribution in [0.5, 0.6) is 11.5 Å². The molecule has 0 bridgehead atoms. The molecule has 6 nitrogen and oxygen atoms in total. The highest BCUT2D eigenvalue weighted by Gasteiger charge is 2.17. The summed E-state index contributed by atoms with van der Waals surface area (Å²) in [6, 6.07) is 14.2. The number of rotatable bonds is 4. The molecule has 1 aliphatic rings. The van der Waals surface area contributed by atoms with E-state index in [0.29, 0.717) is 22.8 Å². The summed E-state index contributed by atoms with van der Waals surface area (Å²) >= 11 is 0. The highest BCUT2D eigenvalue weighted by Crippen LogP contribution is 2.32. The predicted octanol–water partition coefficient (Wildman–Crippen LogP) is 2.83. The maximum absolute atomic E-state index is 12.5. The topological polar surface area (TPSA) is 70.4 Å². The van der Waals surface area contributed by atoms with E-state index in [1.165, 1.54) is 17.0 Å². The summed E-state index contributed by atoms with van der Waals surface area (Å²) in [5.74, 6) is 0.953. The molecular weight excluding hydrogens is 332 g/mol. The Bertz CT molecular complexity index is 1040. The van der Waals surface area contributed by atoms with E-state index >= 15 is 0 Å². The van der Waals surface area contributed by atoms with Gasteiger partial charge >= 0.3 is 0 Å². The highest BCUT2D eigenvalue weighted by molar-refractivity contribution is 5.96. The second-order valence-corrected chi connectivity index (χ2v) is 6.10. The number of benzene rings is 2. The first-order valence-corrected chi connectivity index (χ1v) is 8.16. The summed E-state index contributed by atoms with van der Waals surface area (Å²) in [7, 11) is 0. The van der Waals surface area contributed by atoms with Crippen LogP contribution in [0.4, 0.5) is 0 Å². The van der Waals surface area contributed by atoms with E-state index < -0.39 is 0 Å². The Hall–Kier alpha value is -3.41. The van der Waals surface area contributed by atoms with Crippen molar-refractivity contribution in [2.24, 2.45) is 0 Å². The van der Waals surface area contributed by atoms with Crippen LogP contribution >= 0.6 is 0 Å². The monoisotopic (exact) mass is 348 g/mol. The normalized spacial score (nSPS) is 12.2. The van der Waals surface area contributed by atoms with E-state index in [1.54, 1.807) is 18.2 Å².